The van der Waals surface area contributed by atoms with Gasteiger partial charge in [0.1, 0.15) is 5.82 Å². The SMILES string of the molecule is Cc1cccc2nc(N)n(CCc3ccc(F)cc3)c12. The molecule has 4 heteroatoms. The number of aromatic nitrogens is 2. The van der Waals surface area contributed by atoms with Crippen LogP contribution in [0.4, 0.5) is 10.3 Å². The van der Waals surface area contributed by atoms with Gasteiger partial charge in [0.05, 0.1) is 11.0 Å². The minimum atomic E-state index is -0.211. The monoisotopic (exact) mass is 269 g/mol. The lowest BCUT2D eigenvalue weighted by Crippen LogP contribution is -2.06. The first kappa shape index (κ1) is 12.7. The third kappa shape index (κ3) is 2.25. The van der Waals surface area contributed by atoms with Crippen LogP contribution >= 0.6 is 0 Å². The fraction of sp³-hybridized carbons (Fsp3) is 0.188. The maximum atomic E-state index is 12.9. The van der Waals surface area contributed by atoms with Crippen LogP contribution in [0.3, 0.4) is 0 Å². The molecule has 3 rings (SSSR count). The Balaban J connectivity index is 1.91. The molecule has 0 bridgehead atoms. The number of nitrogens with zero attached hydrogens (tertiary/aromatic N) is 2. The van der Waals surface area contributed by atoms with E-state index in [1.54, 1.807) is 12.1 Å². The highest BCUT2D eigenvalue weighted by atomic mass is 19.1. The van der Waals surface area contributed by atoms with Gasteiger partial charge in [-0.3, -0.25) is 0 Å². The number of nitrogens with two attached hydrogens (primary N) is 1. The van der Waals surface area contributed by atoms with Crippen molar-refractivity contribution in [1.29, 1.82) is 0 Å². The molecule has 0 aliphatic carbocycles. The predicted molar refractivity (Wildman–Crippen MR) is 79.0 cm³/mol. The van der Waals surface area contributed by atoms with Crippen molar-refractivity contribution >= 4 is 17.0 Å². The Labute approximate surface area is 116 Å². The van der Waals surface area contributed by atoms with Gasteiger partial charge in [-0.05, 0) is 42.7 Å². The number of hydrogen-bond acceptors (Lipinski definition) is 2. The Morgan fingerprint density at radius 1 is 1.15 bits per heavy atom. The molecule has 0 amide bonds. The number of nitrogen functional groups attached to an aromatic ring is 1. The maximum absolute atomic E-state index is 12.9. The standard InChI is InChI=1S/C16H16FN3/c1-11-3-2-4-14-15(11)20(16(18)19-14)10-9-12-5-7-13(17)8-6-12/h2-8H,9-10H2,1H3,(H2,18,19). The molecule has 0 saturated carbocycles. The Kier molecular flexibility index (Phi) is 3.14. The van der Waals surface area contributed by atoms with E-state index in [2.05, 4.69) is 18.0 Å². The van der Waals surface area contributed by atoms with Crippen molar-refractivity contribution in [3.05, 3.63) is 59.4 Å². The van der Waals surface area contributed by atoms with Crippen LogP contribution in [0.25, 0.3) is 11.0 Å². The number of para-hydroxylation sites is 1. The lowest BCUT2D eigenvalue weighted by atomic mass is 10.1. The molecule has 0 fully saturated rings. The molecule has 0 saturated heterocycles. The lowest BCUT2D eigenvalue weighted by molar-refractivity contribution is 0.626. The molecule has 0 aliphatic rings. The summed E-state index contributed by atoms with van der Waals surface area (Å²) < 4.78 is 14.9. The lowest BCUT2D eigenvalue weighted by Gasteiger charge is -2.08. The van der Waals surface area contributed by atoms with E-state index >= 15 is 0 Å². The fourth-order valence-electron chi connectivity index (χ4n) is 2.50. The van der Waals surface area contributed by atoms with Gasteiger partial charge in [-0.2, -0.15) is 0 Å². The Morgan fingerprint density at radius 3 is 2.65 bits per heavy atom. The number of anilines is 1. The number of halogens is 1. The van der Waals surface area contributed by atoms with Crippen LogP contribution in [0.2, 0.25) is 0 Å². The zero-order chi connectivity index (χ0) is 14.1. The summed E-state index contributed by atoms with van der Waals surface area (Å²) in [5.74, 6) is 0.314. The number of hydrogen-bond donors (Lipinski definition) is 1. The highest BCUT2D eigenvalue weighted by Gasteiger charge is 2.09. The molecule has 102 valence electrons. The fourth-order valence-corrected chi connectivity index (χ4v) is 2.50. The Hall–Kier alpha value is -2.36. The summed E-state index contributed by atoms with van der Waals surface area (Å²) >= 11 is 0. The largest absolute Gasteiger partial charge is 0.369 e. The third-order valence-electron chi connectivity index (χ3n) is 3.54. The molecule has 20 heavy (non-hydrogen) atoms. The maximum Gasteiger partial charge on any atom is 0.201 e. The molecule has 2 N–H and O–H groups in total. The molecule has 3 nitrogen and oxygen atoms in total. The molecule has 0 aliphatic heterocycles. The first-order chi connectivity index (χ1) is 9.65. The second-order valence-electron chi connectivity index (χ2n) is 4.94. The number of aryl methyl sites for hydroxylation is 3. The van der Waals surface area contributed by atoms with Crippen molar-refractivity contribution in [1.82, 2.24) is 9.55 Å². The van der Waals surface area contributed by atoms with Gasteiger partial charge >= 0.3 is 0 Å². The van der Waals surface area contributed by atoms with E-state index in [4.69, 9.17) is 5.73 Å². The zero-order valence-corrected chi connectivity index (χ0v) is 11.3. The summed E-state index contributed by atoms with van der Waals surface area (Å²) in [6.45, 7) is 2.79. The Bertz CT molecular complexity index is 744. The van der Waals surface area contributed by atoms with Crippen LogP contribution in [0.15, 0.2) is 42.5 Å². The molecule has 2 aromatic carbocycles. The third-order valence-corrected chi connectivity index (χ3v) is 3.54. The summed E-state index contributed by atoms with van der Waals surface area (Å²) in [6.07, 6.45) is 0.796. The second kappa shape index (κ2) is 4.96. The van der Waals surface area contributed by atoms with Crippen molar-refractivity contribution in [3.63, 3.8) is 0 Å². The molecule has 1 heterocycles. The van der Waals surface area contributed by atoms with Gasteiger partial charge in [-0.25, -0.2) is 9.37 Å². The van der Waals surface area contributed by atoms with Crippen molar-refractivity contribution < 1.29 is 4.39 Å². The van der Waals surface area contributed by atoms with E-state index in [-0.39, 0.29) is 5.82 Å². The van der Waals surface area contributed by atoms with E-state index in [9.17, 15) is 4.39 Å². The molecule has 3 aromatic rings. The molecule has 1 aromatic heterocycles. The number of imidazole rings is 1. The summed E-state index contributed by atoms with van der Waals surface area (Å²) in [6, 6.07) is 12.6. The Morgan fingerprint density at radius 2 is 1.90 bits per heavy atom. The van der Waals surface area contributed by atoms with Crippen LogP contribution in [0, 0.1) is 12.7 Å². The minimum absolute atomic E-state index is 0.211. The number of fused-ring (bicyclic) bond motifs is 1. The van der Waals surface area contributed by atoms with Crippen molar-refractivity contribution in [2.75, 3.05) is 5.73 Å². The summed E-state index contributed by atoms with van der Waals surface area (Å²) in [5.41, 5.74) is 10.2. The zero-order valence-electron chi connectivity index (χ0n) is 11.3. The molecule has 0 atom stereocenters. The summed E-state index contributed by atoms with van der Waals surface area (Å²) in [4.78, 5) is 4.38. The first-order valence-electron chi connectivity index (χ1n) is 6.61. The second-order valence-corrected chi connectivity index (χ2v) is 4.94. The van der Waals surface area contributed by atoms with E-state index < -0.39 is 0 Å². The van der Waals surface area contributed by atoms with Crippen molar-refractivity contribution in [2.45, 2.75) is 19.9 Å². The molecular formula is C16H16FN3. The van der Waals surface area contributed by atoms with Crippen LogP contribution in [-0.2, 0) is 13.0 Å². The van der Waals surface area contributed by atoms with E-state index in [1.807, 2.05) is 16.7 Å². The highest BCUT2D eigenvalue weighted by molar-refractivity contribution is 5.81. The number of benzene rings is 2. The van der Waals surface area contributed by atoms with Crippen molar-refractivity contribution in [3.8, 4) is 0 Å². The molecule has 0 unspecified atom stereocenters. The highest BCUT2D eigenvalue weighted by Crippen LogP contribution is 2.21. The predicted octanol–water partition coefficient (Wildman–Crippen LogP) is 3.31. The quantitative estimate of drug-likeness (QED) is 0.792. The van der Waals surface area contributed by atoms with Crippen LogP contribution in [0.5, 0.6) is 0 Å². The summed E-state index contributed by atoms with van der Waals surface area (Å²) in [7, 11) is 0. The smallest absolute Gasteiger partial charge is 0.201 e. The average molecular weight is 269 g/mol. The molecule has 0 spiro atoms. The van der Waals surface area contributed by atoms with E-state index in [0.29, 0.717) is 5.95 Å². The average Bonchev–Trinajstić information content (AvgIpc) is 2.75. The van der Waals surface area contributed by atoms with Gasteiger partial charge in [0.2, 0.25) is 5.95 Å². The van der Waals surface area contributed by atoms with Gasteiger partial charge in [0.15, 0.2) is 0 Å². The van der Waals surface area contributed by atoms with E-state index in [0.717, 1.165) is 35.1 Å². The first-order valence-corrected chi connectivity index (χ1v) is 6.61. The molecular weight excluding hydrogens is 253 g/mol. The summed E-state index contributed by atoms with van der Waals surface area (Å²) in [5, 5.41) is 0. The van der Waals surface area contributed by atoms with Gasteiger partial charge in [0, 0.05) is 6.54 Å². The van der Waals surface area contributed by atoms with Gasteiger partial charge in [-0.15, -0.1) is 0 Å². The van der Waals surface area contributed by atoms with Crippen LogP contribution < -0.4 is 5.73 Å². The van der Waals surface area contributed by atoms with E-state index in [1.165, 1.54) is 12.1 Å². The normalized spacial score (nSPS) is 11.1. The van der Waals surface area contributed by atoms with Gasteiger partial charge in [-0.1, -0.05) is 24.3 Å². The van der Waals surface area contributed by atoms with Gasteiger partial charge < -0.3 is 10.3 Å². The van der Waals surface area contributed by atoms with Crippen molar-refractivity contribution in [2.24, 2.45) is 0 Å². The molecule has 0 radical (unpaired) electrons. The number of rotatable bonds is 3. The van der Waals surface area contributed by atoms with Crippen LogP contribution in [-0.4, -0.2) is 9.55 Å². The topological polar surface area (TPSA) is 43.8 Å². The van der Waals surface area contributed by atoms with Crippen LogP contribution in [0.1, 0.15) is 11.1 Å². The van der Waals surface area contributed by atoms with Gasteiger partial charge in [0.25, 0.3) is 0 Å². The minimum Gasteiger partial charge on any atom is -0.369 e.